The van der Waals surface area contributed by atoms with Crippen molar-refractivity contribution >= 4 is 11.3 Å². The van der Waals surface area contributed by atoms with E-state index in [0.29, 0.717) is 16.3 Å². The first-order valence-electron chi connectivity index (χ1n) is 1.98. The van der Waals surface area contributed by atoms with Crippen LogP contribution in [0.1, 0.15) is 5.01 Å². The minimum atomic E-state index is -0.993. The molecule has 0 bridgehead atoms. The smallest absolute Gasteiger partial charge is 0.211 e. The quantitative estimate of drug-likeness (QED) is 0.528. The van der Waals surface area contributed by atoms with Crippen molar-refractivity contribution in [3.8, 4) is 0 Å². The highest BCUT2D eigenvalue weighted by atomic mass is 32.1. The van der Waals surface area contributed by atoms with Gasteiger partial charge in [0.05, 0.1) is 5.01 Å². The van der Waals surface area contributed by atoms with E-state index >= 15 is 0 Å². The summed E-state index contributed by atoms with van der Waals surface area (Å²) in [4.78, 5) is 3.19. The van der Waals surface area contributed by atoms with Gasteiger partial charge in [0.1, 0.15) is 0 Å². The summed E-state index contributed by atoms with van der Waals surface area (Å²) in [6.45, 7) is 1.55. The summed E-state index contributed by atoms with van der Waals surface area (Å²) in [6.07, 6.45) is 0. The van der Waals surface area contributed by atoms with E-state index < -0.39 is 11.1 Å². The molecule has 1 rings (SSSR count). The number of rotatable bonds is 0. The number of thiazole rings is 1. The fourth-order valence-electron chi connectivity index (χ4n) is 0.377. The molecule has 0 amide bonds. The van der Waals surface area contributed by atoms with Gasteiger partial charge in [0, 0.05) is 0 Å². The molecule has 0 aliphatic carbocycles. The van der Waals surface area contributed by atoms with Crippen molar-refractivity contribution in [1.29, 1.82) is 0 Å². The van der Waals surface area contributed by atoms with Crippen LogP contribution in [-0.4, -0.2) is 4.98 Å². The van der Waals surface area contributed by atoms with Gasteiger partial charge in [-0.3, -0.25) is 0 Å². The number of aryl methyl sites for hydroxylation is 1. The zero-order chi connectivity index (χ0) is 6.15. The van der Waals surface area contributed by atoms with Gasteiger partial charge in [0.25, 0.3) is 5.95 Å². The van der Waals surface area contributed by atoms with Crippen LogP contribution in [0.4, 0.5) is 8.78 Å². The highest BCUT2D eigenvalue weighted by Crippen LogP contribution is 2.12. The molecule has 0 saturated heterocycles. The van der Waals surface area contributed by atoms with Gasteiger partial charge >= 0.3 is 0 Å². The molecule has 1 aromatic rings. The van der Waals surface area contributed by atoms with Gasteiger partial charge in [-0.05, 0) is 6.92 Å². The van der Waals surface area contributed by atoms with Gasteiger partial charge in [-0.25, -0.2) is 4.98 Å². The third-order valence-electron chi connectivity index (χ3n) is 0.655. The van der Waals surface area contributed by atoms with Crippen LogP contribution in [0.2, 0.25) is 0 Å². The summed E-state index contributed by atoms with van der Waals surface area (Å²) >= 11 is 0.716. The molecule has 0 radical (unpaired) electrons. The van der Waals surface area contributed by atoms with Crippen molar-refractivity contribution in [3.05, 3.63) is 16.1 Å². The summed E-state index contributed by atoms with van der Waals surface area (Å²) < 4.78 is 23.8. The summed E-state index contributed by atoms with van der Waals surface area (Å²) in [5.74, 6) is -0.993. The van der Waals surface area contributed by atoms with E-state index in [0.717, 1.165) is 0 Å². The minimum absolute atomic E-state index is 0.417. The Morgan fingerprint density at radius 2 is 2.12 bits per heavy atom. The minimum Gasteiger partial charge on any atom is -0.211 e. The first kappa shape index (κ1) is 5.62. The Labute approximate surface area is 49.0 Å². The third-order valence-corrected chi connectivity index (χ3v) is 1.39. The Balaban J connectivity index is 3.14. The van der Waals surface area contributed by atoms with E-state index in [-0.39, 0.29) is 0 Å². The summed E-state index contributed by atoms with van der Waals surface area (Å²) in [5.41, 5.74) is 0. The van der Waals surface area contributed by atoms with Crippen molar-refractivity contribution < 1.29 is 8.78 Å². The molecule has 0 aliphatic rings. The van der Waals surface area contributed by atoms with Crippen molar-refractivity contribution in [2.45, 2.75) is 6.92 Å². The molecule has 8 heavy (non-hydrogen) atoms. The second-order valence-corrected chi connectivity index (χ2v) is 2.45. The molecular formula is C4H3F2NS. The maximum Gasteiger partial charge on any atom is 0.260 e. The molecule has 0 N–H and O–H groups in total. The number of hydrogen-bond donors (Lipinski definition) is 0. The lowest BCUT2D eigenvalue weighted by atomic mass is 10.8. The van der Waals surface area contributed by atoms with E-state index in [2.05, 4.69) is 4.98 Å². The van der Waals surface area contributed by atoms with Gasteiger partial charge in [-0.1, -0.05) is 11.3 Å². The second kappa shape index (κ2) is 1.78. The molecule has 44 valence electrons. The van der Waals surface area contributed by atoms with Gasteiger partial charge < -0.3 is 0 Å². The molecule has 0 aliphatic heterocycles. The summed E-state index contributed by atoms with van der Waals surface area (Å²) in [6, 6.07) is 0. The molecule has 1 nitrogen and oxygen atoms in total. The van der Waals surface area contributed by atoms with Crippen LogP contribution >= 0.6 is 11.3 Å². The largest absolute Gasteiger partial charge is 0.260 e. The van der Waals surface area contributed by atoms with Gasteiger partial charge in [0.2, 0.25) is 5.13 Å². The maximum atomic E-state index is 11.9. The van der Waals surface area contributed by atoms with Crippen molar-refractivity contribution in [1.82, 2.24) is 4.98 Å². The van der Waals surface area contributed by atoms with E-state index in [1.165, 1.54) is 0 Å². The molecule has 1 aromatic heterocycles. The summed E-state index contributed by atoms with van der Waals surface area (Å²) in [7, 11) is 0. The Hall–Kier alpha value is -0.510. The highest BCUT2D eigenvalue weighted by molar-refractivity contribution is 7.09. The van der Waals surface area contributed by atoms with Crippen LogP contribution in [-0.2, 0) is 0 Å². The average molecular weight is 135 g/mol. The van der Waals surface area contributed by atoms with Crippen LogP contribution in [0.15, 0.2) is 0 Å². The lowest BCUT2D eigenvalue weighted by molar-refractivity contribution is 0.502. The number of aromatic nitrogens is 1. The van der Waals surface area contributed by atoms with Gasteiger partial charge in [-0.2, -0.15) is 8.78 Å². The fourth-order valence-corrected chi connectivity index (χ4v) is 0.892. The van der Waals surface area contributed by atoms with E-state index in [1.54, 1.807) is 6.92 Å². The molecule has 0 aromatic carbocycles. The molecule has 0 atom stereocenters. The fraction of sp³-hybridized carbons (Fsp3) is 0.250. The molecule has 0 spiro atoms. The lowest BCUT2D eigenvalue weighted by Crippen LogP contribution is -1.73. The first-order valence-corrected chi connectivity index (χ1v) is 2.80. The maximum absolute atomic E-state index is 11.9. The highest BCUT2D eigenvalue weighted by Gasteiger charge is 2.04. The Morgan fingerprint density at radius 1 is 1.50 bits per heavy atom. The lowest BCUT2D eigenvalue weighted by Gasteiger charge is -1.68. The molecular weight excluding hydrogens is 132 g/mol. The normalized spacial score (nSPS) is 9.88. The number of nitrogens with zero attached hydrogens (tertiary/aromatic N) is 1. The van der Waals surface area contributed by atoms with Crippen molar-refractivity contribution in [2.24, 2.45) is 0 Å². The molecule has 0 saturated carbocycles. The zero-order valence-electron chi connectivity index (χ0n) is 4.11. The van der Waals surface area contributed by atoms with Crippen LogP contribution in [0.25, 0.3) is 0 Å². The zero-order valence-corrected chi connectivity index (χ0v) is 4.93. The molecule has 0 fully saturated rings. The third kappa shape index (κ3) is 0.838. The van der Waals surface area contributed by atoms with Crippen LogP contribution in [0.5, 0.6) is 0 Å². The topological polar surface area (TPSA) is 12.9 Å². The van der Waals surface area contributed by atoms with E-state index in [1.807, 2.05) is 0 Å². The average Bonchev–Trinajstić information content (AvgIpc) is 1.85. The standard InChI is InChI=1S/C4H3F2NS/c1-2-7-3(5)4(6)8-2/h1H3. The van der Waals surface area contributed by atoms with Crippen LogP contribution < -0.4 is 0 Å². The van der Waals surface area contributed by atoms with Gasteiger partial charge in [0.15, 0.2) is 0 Å². The van der Waals surface area contributed by atoms with E-state index in [9.17, 15) is 8.78 Å². The molecule has 1 heterocycles. The van der Waals surface area contributed by atoms with Crippen LogP contribution in [0, 0.1) is 18.0 Å². The molecule has 4 heteroatoms. The van der Waals surface area contributed by atoms with Crippen molar-refractivity contribution in [3.63, 3.8) is 0 Å². The summed E-state index contributed by atoms with van der Waals surface area (Å²) in [5, 5.41) is -0.414. The Bertz CT molecular complexity index is 176. The van der Waals surface area contributed by atoms with Gasteiger partial charge in [-0.15, -0.1) is 0 Å². The molecule has 0 unspecified atom stereocenters. The second-order valence-electron chi connectivity index (χ2n) is 1.30. The first-order chi connectivity index (χ1) is 3.70. The van der Waals surface area contributed by atoms with Crippen molar-refractivity contribution in [2.75, 3.05) is 0 Å². The SMILES string of the molecule is Cc1nc(F)c(F)s1. The Kier molecular flexibility index (Phi) is 1.25. The van der Waals surface area contributed by atoms with E-state index in [4.69, 9.17) is 0 Å². The van der Waals surface area contributed by atoms with Crippen LogP contribution in [0.3, 0.4) is 0 Å². The number of halogens is 2. The monoisotopic (exact) mass is 135 g/mol. The predicted octanol–water partition coefficient (Wildman–Crippen LogP) is 1.73. The predicted molar refractivity (Wildman–Crippen MR) is 26.8 cm³/mol. The Morgan fingerprint density at radius 3 is 2.25 bits per heavy atom. The number of hydrogen-bond acceptors (Lipinski definition) is 2.